The fourth-order valence-corrected chi connectivity index (χ4v) is 2.91. The number of hydrogen-bond acceptors (Lipinski definition) is 4. The molecule has 0 radical (unpaired) electrons. The summed E-state index contributed by atoms with van der Waals surface area (Å²) in [5.74, 6) is 0.568. The van der Waals surface area contributed by atoms with E-state index in [1.54, 1.807) is 25.1 Å². The number of ether oxygens (including phenoxy) is 1. The summed E-state index contributed by atoms with van der Waals surface area (Å²) < 4.78 is 32.2. The number of methoxy groups -OCH3 is 1. The molecule has 0 heterocycles. The largest absolute Gasteiger partial charge is 0.496 e. The molecular weight excluding hydrogens is 312 g/mol. The molecule has 21 heavy (non-hydrogen) atoms. The van der Waals surface area contributed by atoms with Crippen molar-refractivity contribution < 1.29 is 13.2 Å². The molecule has 1 unspecified atom stereocenters. The molecule has 0 fully saturated rings. The third-order valence-electron chi connectivity index (χ3n) is 3.09. The predicted molar refractivity (Wildman–Crippen MR) is 86.4 cm³/mol. The highest BCUT2D eigenvalue weighted by Crippen LogP contribution is 2.26. The number of rotatable bonds is 8. The molecule has 0 amide bonds. The quantitative estimate of drug-likeness (QED) is 0.764. The van der Waals surface area contributed by atoms with E-state index < -0.39 is 15.3 Å². The minimum Gasteiger partial charge on any atom is -0.496 e. The Morgan fingerprint density at radius 1 is 1.29 bits per heavy atom. The van der Waals surface area contributed by atoms with Crippen LogP contribution in [0.1, 0.15) is 26.3 Å². The molecule has 0 aliphatic carbocycles. The normalized spacial score (nSPS) is 13.4. The molecule has 1 rings (SSSR count). The molecular formula is C14H23ClN2O3S. The van der Waals surface area contributed by atoms with Crippen molar-refractivity contribution in [2.24, 2.45) is 0 Å². The molecule has 2 N–H and O–H groups in total. The van der Waals surface area contributed by atoms with Gasteiger partial charge in [-0.1, -0.05) is 31.5 Å². The molecule has 0 aromatic heterocycles. The van der Waals surface area contributed by atoms with Gasteiger partial charge in [-0.2, -0.15) is 0 Å². The highest BCUT2D eigenvalue weighted by molar-refractivity contribution is 7.90. The Morgan fingerprint density at radius 3 is 2.52 bits per heavy atom. The van der Waals surface area contributed by atoms with Crippen molar-refractivity contribution in [3.8, 4) is 5.75 Å². The second-order valence-corrected chi connectivity index (χ2v) is 7.75. The summed E-state index contributed by atoms with van der Waals surface area (Å²) in [5.41, 5.74) is 0.634. The molecule has 0 saturated heterocycles. The molecule has 7 heteroatoms. The van der Waals surface area contributed by atoms with Gasteiger partial charge in [0.2, 0.25) is 10.0 Å². The Bertz CT molecular complexity index is 561. The van der Waals surface area contributed by atoms with Crippen LogP contribution in [0, 0.1) is 0 Å². The van der Waals surface area contributed by atoms with Crippen LogP contribution in [-0.2, 0) is 16.6 Å². The van der Waals surface area contributed by atoms with Gasteiger partial charge in [-0.3, -0.25) is 0 Å². The van der Waals surface area contributed by atoms with Gasteiger partial charge in [0.25, 0.3) is 0 Å². The summed E-state index contributed by atoms with van der Waals surface area (Å²) in [5, 5.41) is 3.06. The Labute approximate surface area is 132 Å². The van der Waals surface area contributed by atoms with Gasteiger partial charge in [-0.15, -0.1) is 0 Å². The molecule has 120 valence electrons. The van der Waals surface area contributed by atoms with E-state index in [4.69, 9.17) is 16.3 Å². The summed E-state index contributed by atoms with van der Waals surface area (Å²) in [4.78, 5) is 0. The third kappa shape index (κ3) is 5.47. The average Bonchev–Trinajstić information content (AvgIpc) is 2.42. The monoisotopic (exact) mass is 334 g/mol. The topological polar surface area (TPSA) is 67.4 Å². The molecule has 0 saturated carbocycles. The number of sulfonamides is 1. The minimum absolute atomic E-state index is 0.108. The van der Waals surface area contributed by atoms with Crippen molar-refractivity contribution in [1.82, 2.24) is 10.0 Å². The number of benzene rings is 1. The van der Waals surface area contributed by atoms with Crippen LogP contribution in [0.15, 0.2) is 18.2 Å². The molecule has 0 spiro atoms. The Kier molecular flexibility index (Phi) is 6.93. The molecule has 5 nitrogen and oxygen atoms in total. The van der Waals surface area contributed by atoms with E-state index >= 15 is 0 Å². The fraction of sp³-hybridized carbons (Fsp3) is 0.571. The fourth-order valence-electron chi connectivity index (χ4n) is 1.73. The summed E-state index contributed by atoms with van der Waals surface area (Å²) in [7, 11) is -1.90. The second-order valence-electron chi connectivity index (χ2n) is 5.16. The Balaban J connectivity index is 2.74. The van der Waals surface area contributed by atoms with Gasteiger partial charge >= 0.3 is 0 Å². The maximum absolute atomic E-state index is 12.2. The van der Waals surface area contributed by atoms with Gasteiger partial charge in [-0.25, -0.2) is 13.1 Å². The van der Waals surface area contributed by atoms with E-state index in [9.17, 15) is 8.42 Å². The van der Waals surface area contributed by atoms with Crippen molar-refractivity contribution in [2.75, 3.05) is 13.7 Å². The zero-order valence-electron chi connectivity index (χ0n) is 12.8. The smallest absolute Gasteiger partial charge is 0.215 e. The lowest BCUT2D eigenvalue weighted by Gasteiger charge is -2.17. The van der Waals surface area contributed by atoms with Gasteiger partial charge in [0, 0.05) is 29.7 Å². The standard InChI is InChI=1S/C14H23ClN2O3S/c1-10(2)16-8-11(3)21(18,19)17-9-12-13(15)6-5-7-14(12)20-4/h5-7,10-11,16-17H,8-9H2,1-4H3. The summed E-state index contributed by atoms with van der Waals surface area (Å²) in [6, 6.07) is 5.46. The van der Waals surface area contributed by atoms with Crippen LogP contribution in [0.2, 0.25) is 5.02 Å². The molecule has 1 atom stereocenters. The van der Waals surface area contributed by atoms with Crippen molar-refractivity contribution in [2.45, 2.75) is 38.6 Å². The highest BCUT2D eigenvalue weighted by Gasteiger charge is 2.21. The SMILES string of the molecule is COc1cccc(Cl)c1CNS(=O)(=O)C(C)CNC(C)C. The summed E-state index contributed by atoms with van der Waals surface area (Å²) >= 11 is 6.09. The molecule has 0 aliphatic rings. The highest BCUT2D eigenvalue weighted by atomic mass is 35.5. The third-order valence-corrected chi connectivity index (χ3v) is 5.22. The van der Waals surface area contributed by atoms with E-state index in [2.05, 4.69) is 10.0 Å². The van der Waals surface area contributed by atoms with Crippen LogP contribution in [0.25, 0.3) is 0 Å². The van der Waals surface area contributed by atoms with E-state index in [-0.39, 0.29) is 12.6 Å². The maximum atomic E-state index is 12.2. The van der Waals surface area contributed by atoms with E-state index in [0.717, 1.165) is 0 Å². The van der Waals surface area contributed by atoms with E-state index in [1.807, 2.05) is 13.8 Å². The van der Waals surface area contributed by atoms with Crippen LogP contribution < -0.4 is 14.8 Å². The van der Waals surface area contributed by atoms with E-state index in [0.29, 0.717) is 22.9 Å². The van der Waals surface area contributed by atoms with Crippen LogP contribution in [0.4, 0.5) is 0 Å². The van der Waals surface area contributed by atoms with Gasteiger partial charge in [-0.05, 0) is 19.1 Å². The Morgan fingerprint density at radius 2 is 1.95 bits per heavy atom. The molecule has 1 aromatic rings. The maximum Gasteiger partial charge on any atom is 0.215 e. The Hall–Kier alpha value is -0.820. The molecule has 0 bridgehead atoms. The zero-order valence-corrected chi connectivity index (χ0v) is 14.4. The lowest BCUT2D eigenvalue weighted by molar-refractivity contribution is 0.409. The van der Waals surface area contributed by atoms with Crippen LogP contribution in [0.3, 0.4) is 0 Å². The number of halogens is 1. The average molecular weight is 335 g/mol. The second kappa shape index (κ2) is 7.98. The van der Waals surface area contributed by atoms with Crippen LogP contribution in [0.5, 0.6) is 5.75 Å². The van der Waals surface area contributed by atoms with E-state index in [1.165, 1.54) is 7.11 Å². The summed E-state index contributed by atoms with van der Waals surface area (Å²) in [6.07, 6.45) is 0. The van der Waals surface area contributed by atoms with Gasteiger partial charge < -0.3 is 10.1 Å². The molecule has 0 aliphatic heterocycles. The predicted octanol–water partition coefficient (Wildman–Crippen LogP) is 2.15. The first-order valence-corrected chi connectivity index (χ1v) is 8.73. The van der Waals surface area contributed by atoms with Crippen molar-refractivity contribution in [3.05, 3.63) is 28.8 Å². The van der Waals surface area contributed by atoms with Crippen molar-refractivity contribution >= 4 is 21.6 Å². The lowest BCUT2D eigenvalue weighted by Crippen LogP contribution is -2.40. The summed E-state index contributed by atoms with van der Waals surface area (Å²) in [6.45, 7) is 6.12. The first-order chi connectivity index (χ1) is 9.77. The van der Waals surface area contributed by atoms with Crippen molar-refractivity contribution in [1.29, 1.82) is 0 Å². The van der Waals surface area contributed by atoms with Gasteiger partial charge in [0.15, 0.2) is 0 Å². The molecule has 1 aromatic carbocycles. The van der Waals surface area contributed by atoms with Gasteiger partial charge in [0.05, 0.1) is 12.4 Å². The first-order valence-electron chi connectivity index (χ1n) is 6.81. The van der Waals surface area contributed by atoms with Crippen molar-refractivity contribution in [3.63, 3.8) is 0 Å². The number of hydrogen-bond donors (Lipinski definition) is 2. The number of nitrogens with one attached hydrogen (secondary N) is 2. The minimum atomic E-state index is -3.42. The van der Waals surface area contributed by atoms with Gasteiger partial charge in [0.1, 0.15) is 5.75 Å². The van der Waals surface area contributed by atoms with Crippen LogP contribution in [-0.4, -0.2) is 33.4 Å². The zero-order chi connectivity index (χ0) is 16.0. The first kappa shape index (κ1) is 18.2. The van der Waals surface area contributed by atoms with Crippen LogP contribution >= 0.6 is 11.6 Å². The lowest BCUT2D eigenvalue weighted by atomic mass is 10.2.